The van der Waals surface area contributed by atoms with E-state index in [1.807, 2.05) is 60.7 Å². The van der Waals surface area contributed by atoms with Crippen LogP contribution >= 0.6 is 23.5 Å². The molecule has 21 rings (SSSR count). The van der Waals surface area contributed by atoms with Gasteiger partial charge in [0, 0.05) is 76.8 Å². The fourth-order valence-corrected chi connectivity index (χ4v) is 16.1. The summed E-state index contributed by atoms with van der Waals surface area (Å²) in [6, 6.07) is 131. The first kappa shape index (κ1) is 66.8. The topological polar surface area (TPSA) is 129 Å². The van der Waals surface area contributed by atoms with E-state index in [4.69, 9.17) is 38.7 Å². The standard InChI is InChI=1S/C53H33N5S.C47H29N5S/c1-4-10-34(11-5-1)36-16-22-39(23-17-36)47-33-48(56-53(55-47)42-26-20-37(21-27-42)35-12-6-2-7-13-35)40-24-18-38(19-25-40)43-28-29-44-49(32-43)54-51(41-14-8-3-9-15-41)45-30-31-46-52(50(44)45)58-59-57-46;1-4-11-30(12-5-1)35-17-10-18-37(27-35)47-49-41(32-13-6-2-7-14-32)29-42(50-47)33-21-19-31(20-22-33)36-23-24-38-43(28-36)48-45(34-15-8-3-9-16-34)39-25-26-40-46(44(38)39)52-53-51-40/h1-33H;1-29H. The number of benzene rings is 15. The summed E-state index contributed by atoms with van der Waals surface area (Å²) < 4.78 is 18.5. The predicted octanol–water partition coefficient (Wildman–Crippen LogP) is 26.0. The van der Waals surface area contributed by atoms with Crippen molar-refractivity contribution in [3.05, 3.63) is 376 Å². The van der Waals surface area contributed by atoms with E-state index in [1.165, 1.54) is 34.6 Å². The Balaban J connectivity index is 0.000000147. The largest absolute Gasteiger partial charge is 0.247 e. The molecule has 0 amide bonds. The molecule has 0 atom stereocenters. The number of pyridine rings is 2. The minimum atomic E-state index is 0.680. The third-order valence-corrected chi connectivity index (χ3v) is 21.9. The zero-order valence-corrected chi connectivity index (χ0v) is 61.7. The summed E-state index contributed by atoms with van der Waals surface area (Å²) in [4.78, 5) is 31.0. The van der Waals surface area contributed by atoms with E-state index in [-0.39, 0.29) is 0 Å². The van der Waals surface area contributed by atoms with Crippen LogP contribution in [0.1, 0.15) is 0 Å². The molecule has 524 valence electrons. The molecule has 0 bridgehead atoms. The SMILES string of the molecule is c1ccc(-c2ccc(-c3cc(-c4ccc(-c5ccc6c(c5)nc(-c5ccccc5)c5ccc7nsnc7c56)cc4)nc(-c4ccc(-c5ccccc5)cc4)n3)cc2)cc1.c1ccc(-c2cccc(-c3nc(-c4ccccc4)cc(-c4ccc(-c5ccc6c(c5)nc(-c5ccccc5)c5ccc7nsnc7c56)cc4)n3)c2)cc1. The van der Waals surface area contributed by atoms with Crippen LogP contribution < -0.4 is 0 Å². The molecule has 0 radical (unpaired) electrons. The van der Waals surface area contributed by atoms with Gasteiger partial charge in [-0.15, -0.1) is 0 Å². The van der Waals surface area contributed by atoms with Crippen LogP contribution in [0.5, 0.6) is 0 Å². The van der Waals surface area contributed by atoms with Gasteiger partial charge < -0.3 is 0 Å². The fraction of sp³-hybridized carbons (Fsp3) is 0. The highest BCUT2D eigenvalue weighted by Gasteiger charge is 2.21. The lowest BCUT2D eigenvalue weighted by atomic mass is 9.96. The second-order valence-electron chi connectivity index (χ2n) is 27.6. The zero-order chi connectivity index (χ0) is 74.3. The molecular weight excluding hydrogens is 1410 g/mol. The van der Waals surface area contributed by atoms with Gasteiger partial charge in [0.25, 0.3) is 0 Å². The minimum absolute atomic E-state index is 0.680. The third-order valence-electron chi connectivity index (χ3n) is 20.8. The van der Waals surface area contributed by atoms with E-state index in [1.54, 1.807) is 0 Å². The van der Waals surface area contributed by atoms with E-state index in [0.29, 0.717) is 11.6 Å². The molecule has 15 aromatic carbocycles. The quantitative estimate of drug-likeness (QED) is 0.103. The van der Waals surface area contributed by atoms with E-state index >= 15 is 0 Å². The smallest absolute Gasteiger partial charge is 0.160 e. The van der Waals surface area contributed by atoms with Crippen LogP contribution in [0.2, 0.25) is 0 Å². The molecule has 12 heteroatoms. The van der Waals surface area contributed by atoms with E-state index in [9.17, 15) is 0 Å². The minimum Gasteiger partial charge on any atom is -0.247 e. The number of hydrogen-bond acceptors (Lipinski definition) is 12. The zero-order valence-electron chi connectivity index (χ0n) is 60.1. The highest BCUT2D eigenvalue weighted by atomic mass is 32.1. The van der Waals surface area contributed by atoms with Gasteiger partial charge in [-0.2, -0.15) is 17.5 Å². The van der Waals surface area contributed by atoms with Crippen molar-refractivity contribution in [3.63, 3.8) is 0 Å². The van der Waals surface area contributed by atoms with Crippen molar-refractivity contribution < 1.29 is 0 Å². The van der Waals surface area contributed by atoms with Crippen LogP contribution in [-0.2, 0) is 0 Å². The van der Waals surface area contributed by atoms with Gasteiger partial charge in [-0.3, -0.25) is 0 Å². The fourth-order valence-electron chi connectivity index (χ4n) is 15.1. The molecule has 0 aliphatic carbocycles. The Kier molecular flexibility index (Phi) is 17.4. The average Bonchev–Trinajstić information content (AvgIpc) is 0.955. The van der Waals surface area contributed by atoms with Crippen LogP contribution in [0.25, 0.3) is 211 Å². The summed E-state index contributed by atoms with van der Waals surface area (Å²) in [5.41, 5.74) is 30.3. The number of aromatic nitrogens is 10. The molecule has 10 nitrogen and oxygen atoms in total. The molecule has 0 fully saturated rings. The monoisotopic (exact) mass is 1470 g/mol. The van der Waals surface area contributed by atoms with Crippen LogP contribution in [0.15, 0.2) is 376 Å². The van der Waals surface area contributed by atoms with Crippen molar-refractivity contribution in [2.75, 3.05) is 0 Å². The Morgan fingerprint density at radius 3 is 0.821 bits per heavy atom. The molecule has 0 saturated carbocycles. The normalized spacial score (nSPS) is 11.4. The molecule has 6 heterocycles. The molecule has 6 aromatic heterocycles. The van der Waals surface area contributed by atoms with Gasteiger partial charge in [0.1, 0.15) is 22.1 Å². The Morgan fingerprint density at radius 1 is 0.161 bits per heavy atom. The molecule has 0 spiro atoms. The second-order valence-corrected chi connectivity index (χ2v) is 28.7. The highest BCUT2D eigenvalue weighted by molar-refractivity contribution is 7.00. The van der Waals surface area contributed by atoms with Crippen LogP contribution in [-0.4, -0.2) is 47.4 Å². The first-order valence-corrected chi connectivity index (χ1v) is 38.5. The van der Waals surface area contributed by atoms with E-state index in [2.05, 4.69) is 324 Å². The van der Waals surface area contributed by atoms with Crippen LogP contribution in [0.4, 0.5) is 0 Å². The van der Waals surface area contributed by atoms with Gasteiger partial charge >= 0.3 is 0 Å². The molecule has 0 unspecified atom stereocenters. The summed E-state index contributed by atoms with van der Waals surface area (Å²) >= 11 is 2.49. The van der Waals surface area contributed by atoms with Gasteiger partial charge in [-0.25, -0.2) is 29.9 Å². The summed E-state index contributed by atoms with van der Waals surface area (Å²) in [5.74, 6) is 1.37. The first-order chi connectivity index (χ1) is 55.5. The second kappa shape index (κ2) is 29.2. The van der Waals surface area contributed by atoms with Gasteiger partial charge in [0.2, 0.25) is 0 Å². The lowest BCUT2D eigenvalue weighted by Gasteiger charge is -2.13. The average molecular weight is 1470 g/mol. The van der Waals surface area contributed by atoms with Crippen molar-refractivity contribution in [3.8, 4) is 146 Å². The Labute approximate surface area is 653 Å². The lowest BCUT2D eigenvalue weighted by Crippen LogP contribution is -1.96. The molecule has 0 N–H and O–H groups in total. The Hall–Kier alpha value is -14.6. The Bertz CT molecular complexity index is 6950. The maximum absolute atomic E-state index is 5.28. The molecule has 112 heavy (non-hydrogen) atoms. The number of rotatable bonds is 13. The van der Waals surface area contributed by atoms with E-state index in [0.717, 1.165) is 189 Å². The van der Waals surface area contributed by atoms with Crippen LogP contribution in [0.3, 0.4) is 0 Å². The predicted molar refractivity (Wildman–Crippen MR) is 462 cm³/mol. The molecular formula is C100H62N10S2. The van der Waals surface area contributed by atoms with Crippen molar-refractivity contribution >= 4 is 88.9 Å². The Morgan fingerprint density at radius 2 is 0.429 bits per heavy atom. The molecule has 21 aromatic rings. The van der Waals surface area contributed by atoms with Gasteiger partial charge in [-0.05, 0) is 110 Å². The lowest BCUT2D eigenvalue weighted by molar-refractivity contribution is 1.18. The van der Waals surface area contributed by atoms with Gasteiger partial charge in [0.05, 0.1) is 68.7 Å². The molecule has 0 aliphatic rings. The number of hydrogen-bond donors (Lipinski definition) is 0. The summed E-state index contributed by atoms with van der Waals surface area (Å²) in [5, 5.41) is 6.45. The molecule has 0 saturated heterocycles. The highest BCUT2D eigenvalue weighted by Crippen LogP contribution is 2.42. The van der Waals surface area contributed by atoms with Crippen LogP contribution in [0, 0.1) is 0 Å². The molecule has 0 aliphatic heterocycles. The number of fused-ring (bicyclic) bond motifs is 10. The summed E-state index contributed by atoms with van der Waals surface area (Å²) in [6.45, 7) is 0. The summed E-state index contributed by atoms with van der Waals surface area (Å²) in [7, 11) is 0. The van der Waals surface area contributed by atoms with Gasteiger partial charge in [0.15, 0.2) is 11.6 Å². The summed E-state index contributed by atoms with van der Waals surface area (Å²) in [6.07, 6.45) is 0. The maximum Gasteiger partial charge on any atom is 0.160 e. The van der Waals surface area contributed by atoms with Crippen molar-refractivity contribution in [2.24, 2.45) is 0 Å². The maximum atomic E-state index is 5.28. The van der Waals surface area contributed by atoms with Gasteiger partial charge in [-0.1, -0.05) is 322 Å². The van der Waals surface area contributed by atoms with Crippen molar-refractivity contribution in [1.82, 2.24) is 47.4 Å². The third kappa shape index (κ3) is 13.0. The van der Waals surface area contributed by atoms with E-state index < -0.39 is 0 Å². The van der Waals surface area contributed by atoms with Crippen molar-refractivity contribution in [1.29, 1.82) is 0 Å². The van der Waals surface area contributed by atoms with Crippen molar-refractivity contribution in [2.45, 2.75) is 0 Å². The first-order valence-electron chi connectivity index (χ1n) is 37.1. The number of nitrogens with zero attached hydrogens (tertiary/aromatic N) is 10.